The Morgan fingerprint density at radius 2 is 1.87 bits per heavy atom. The molecule has 8 heteroatoms. The van der Waals surface area contributed by atoms with Gasteiger partial charge in [-0.15, -0.1) is 0 Å². The van der Waals surface area contributed by atoms with E-state index in [1.807, 2.05) is 12.1 Å². The van der Waals surface area contributed by atoms with E-state index in [1.54, 1.807) is 21.3 Å². The monoisotopic (exact) mass is 383 g/mol. The van der Waals surface area contributed by atoms with Crippen LogP contribution in [0.1, 0.15) is 22.3 Å². The van der Waals surface area contributed by atoms with E-state index in [0.29, 0.717) is 34.2 Å². The van der Waals surface area contributed by atoms with Crippen molar-refractivity contribution >= 4 is 30.9 Å². The predicted octanol–water partition coefficient (Wildman–Crippen LogP) is 1.22. The van der Waals surface area contributed by atoms with E-state index in [-0.39, 0.29) is 26.3 Å². The van der Waals surface area contributed by atoms with E-state index in [9.17, 15) is 4.79 Å². The number of anilines is 2. The van der Waals surface area contributed by atoms with Crippen LogP contribution in [0.2, 0.25) is 0 Å². The summed E-state index contributed by atoms with van der Waals surface area (Å²) in [4.78, 5) is 16.2. The molecular weight excluding hydrogens is 365 g/mol. The summed E-state index contributed by atoms with van der Waals surface area (Å²) in [6.07, 6.45) is 0.349. The Morgan fingerprint density at radius 3 is 2.43 bits per heavy atom. The second-order valence-corrected chi connectivity index (χ2v) is 7.26. The molecule has 1 unspecified atom stereocenters. The van der Waals surface area contributed by atoms with Gasteiger partial charge in [0.25, 0.3) is 0 Å². The third-order valence-electron chi connectivity index (χ3n) is 3.72. The fraction of sp³-hybridized carbons (Fsp3) is 0.333. The molecule has 3 N–H and O–H groups in total. The third-order valence-corrected chi connectivity index (χ3v) is 5.82. The second kappa shape index (κ2) is 6.14. The van der Waals surface area contributed by atoms with Gasteiger partial charge in [-0.3, -0.25) is 0 Å². The van der Waals surface area contributed by atoms with Gasteiger partial charge in [0.05, 0.1) is 0 Å². The summed E-state index contributed by atoms with van der Waals surface area (Å²) in [5.74, 6) is 2.09. The normalized spacial score (nSPS) is 16.5. The summed E-state index contributed by atoms with van der Waals surface area (Å²) in [6.45, 7) is 0. The molecule has 23 heavy (non-hydrogen) atoms. The number of nitrogen functional groups attached to an aromatic ring is 1. The van der Waals surface area contributed by atoms with E-state index >= 15 is 0 Å². The van der Waals surface area contributed by atoms with Gasteiger partial charge in [0.2, 0.25) is 0 Å². The number of methoxy groups -OCH3 is 3. The summed E-state index contributed by atoms with van der Waals surface area (Å²) in [5, 5.41) is 2.79. The van der Waals surface area contributed by atoms with E-state index in [2.05, 4.69) is 10.3 Å². The molecule has 0 aliphatic carbocycles. The van der Waals surface area contributed by atoms with Crippen LogP contribution in [0.25, 0.3) is 0 Å². The van der Waals surface area contributed by atoms with Crippen molar-refractivity contribution in [2.75, 3.05) is 32.4 Å². The molecule has 1 aliphatic rings. The van der Waals surface area contributed by atoms with Crippen LogP contribution in [0, 0.1) is 0 Å². The number of aromatic nitrogens is 1. The minimum atomic E-state index is -0.0859. The van der Waals surface area contributed by atoms with Gasteiger partial charge in [-0.25, -0.2) is 0 Å². The molecule has 3 rings (SSSR count). The maximum atomic E-state index is 12.0. The van der Waals surface area contributed by atoms with Crippen LogP contribution in [0.5, 0.6) is 17.2 Å². The fourth-order valence-corrected chi connectivity index (χ4v) is 4.63. The molecule has 122 valence electrons. The van der Waals surface area contributed by atoms with Crippen molar-refractivity contribution in [3.63, 3.8) is 0 Å². The number of amides is 1. The molecule has 0 saturated carbocycles. The topological polar surface area (TPSA) is 95.7 Å². The van der Waals surface area contributed by atoms with Gasteiger partial charge in [-0.2, -0.15) is 0 Å². The maximum absolute atomic E-state index is 12.0. The summed E-state index contributed by atoms with van der Waals surface area (Å²) >= 11 is -0.0614. The van der Waals surface area contributed by atoms with E-state index in [1.165, 1.54) is 0 Å². The molecule has 0 radical (unpaired) electrons. The second-order valence-electron chi connectivity index (χ2n) is 5.03. The first-order chi connectivity index (χ1) is 11.1. The molecule has 1 atom stereocenters. The molecule has 0 spiro atoms. The summed E-state index contributed by atoms with van der Waals surface area (Å²) in [5.41, 5.74) is 6.78. The third kappa shape index (κ3) is 2.75. The van der Waals surface area contributed by atoms with Crippen LogP contribution < -0.4 is 25.3 Å². The van der Waals surface area contributed by atoms with Crippen molar-refractivity contribution in [3.05, 3.63) is 22.1 Å². The average molecular weight is 382 g/mol. The molecule has 2 aromatic rings. The Morgan fingerprint density at radius 1 is 1.22 bits per heavy atom. The van der Waals surface area contributed by atoms with Crippen molar-refractivity contribution in [3.8, 4) is 17.2 Å². The summed E-state index contributed by atoms with van der Waals surface area (Å²) in [7, 11) is 4.70. The van der Waals surface area contributed by atoms with E-state index in [0.717, 1.165) is 10.0 Å². The first-order valence-electron chi connectivity index (χ1n) is 6.93. The molecule has 0 bridgehead atoms. The van der Waals surface area contributed by atoms with Crippen LogP contribution in [-0.2, 0) is 4.79 Å². The van der Waals surface area contributed by atoms with Gasteiger partial charge in [-0.05, 0) is 0 Å². The number of carbonyl (C=O) groups is 1. The van der Waals surface area contributed by atoms with E-state index < -0.39 is 0 Å². The quantitative estimate of drug-likeness (QED) is 0.773. The number of hydrogen-bond acceptors (Lipinski definition) is 6. The molecule has 1 aromatic heterocycles. The number of fused-ring (bicyclic) bond motifs is 1. The van der Waals surface area contributed by atoms with Crippen LogP contribution >= 0.6 is 0 Å². The molecular formula is C15H17N3O4Se. The van der Waals surface area contributed by atoms with Crippen molar-refractivity contribution in [2.24, 2.45) is 0 Å². The van der Waals surface area contributed by atoms with Gasteiger partial charge in [0.15, 0.2) is 0 Å². The zero-order valence-electron chi connectivity index (χ0n) is 13.0. The van der Waals surface area contributed by atoms with Gasteiger partial charge in [0.1, 0.15) is 0 Å². The van der Waals surface area contributed by atoms with E-state index in [4.69, 9.17) is 19.9 Å². The van der Waals surface area contributed by atoms with Gasteiger partial charge >= 0.3 is 139 Å². The fourth-order valence-electron chi connectivity index (χ4n) is 2.71. The number of carbonyl (C=O) groups excluding carboxylic acids is 1. The number of nitrogens with zero attached hydrogens (tertiary/aromatic N) is 1. The molecule has 1 amide bonds. The molecule has 1 aliphatic heterocycles. The molecule has 2 heterocycles. The zero-order chi connectivity index (χ0) is 16.6. The van der Waals surface area contributed by atoms with Crippen molar-refractivity contribution in [2.45, 2.75) is 12.3 Å². The van der Waals surface area contributed by atoms with Crippen molar-refractivity contribution in [1.29, 1.82) is 0 Å². The number of rotatable bonds is 4. The summed E-state index contributed by atoms with van der Waals surface area (Å²) in [6, 6.07) is 3.75. The van der Waals surface area contributed by atoms with Crippen LogP contribution in [0.3, 0.4) is 0 Å². The Hall–Kier alpha value is -2.18. The number of benzene rings is 1. The Balaban J connectivity index is 2.13. The molecule has 1 aromatic carbocycles. The summed E-state index contributed by atoms with van der Waals surface area (Å²) < 4.78 is 17.8. The van der Waals surface area contributed by atoms with Crippen LogP contribution in [0.4, 0.5) is 10.5 Å². The van der Waals surface area contributed by atoms with Gasteiger partial charge < -0.3 is 0 Å². The number of ether oxygens (including phenoxy) is 3. The number of nitrogens with one attached hydrogen (secondary N) is 1. The zero-order valence-corrected chi connectivity index (χ0v) is 14.7. The van der Waals surface area contributed by atoms with Crippen molar-refractivity contribution in [1.82, 2.24) is 4.98 Å². The first-order valence-corrected chi connectivity index (χ1v) is 8.64. The van der Waals surface area contributed by atoms with Gasteiger partial charge in [-0.1, -0.05) is 0 Å². The Bertz CT molecular complexity index is 734. The molecule has 7 nitrogen and oxygen atoms in total. The SMILES string of the molecule is COc1cc(C2CC(=O)Nc3nc(N)[se]c32)cc(OC)c1OC. The predicted molar refractivity (Wildman–Crippen MR) is 86.8 cm³/mol. The van der Waals surface area contributed by atoms with Crippen LogP contribution in [0.15, 0.2) is 12.1 Å². The standard InChI is InChI=1S/C15H17N3O4Se/c1-20-9-4-7(5-10(21-2)12(9)22-3)8-6-11(19)17-14-13(8)23-15(16)18-14/h4-5,8H,6H2,1-3H3,(H2,16,18)(H,17,19). The molecule has 0 fully saturated rings. The first kappa shape index (κ1) is 15.7. The Labute approximate surface area is 139 Å². The average Bonchev–Trinajstić information content (AvgIpc) is 2.92. The van der Waals surface area contributed by atoms with Crippen molar-refractivity contribution < 1.29 is 19.0 Å². The number of nitrogens with two attached hydrogens (primary N) is 1. The molecule has 0 saturated heterocycles. The van der Waals surface area contributed by atoms with Crippen LogP contribution in [-0.4, -0.2) is 46.7 Å². The minimum absolute atomic E-state index is 0.0614. The Kier molecular flexibility index (Phi) is 4.19. The van der Waals surface area contributed by atoms with Gasteiger partial charge in [0, 0.05) is 0 Å². The number of hydrogen-bond donors (Lipinski definition) is 2.